The van der Waals surface area contributed by atoms with Crippen LogP contribution in [0.4, 0.5) is 0 Å². The van der Waals surface area contributed by atoms with E-state index in [9.17, 15) is 0 Å². The minimum Gasteiger partial charge on any atom is -0.376 e. The third-order valence-electron chi connectivity index (χ3n) is 2.34. The summed E-state index contributed by atoms with van der Waals surface area (Å²) in [5.41, 5.74) is 0. The van der Waals surface area contributed by atoms with Gasteiger partial charge in [0.2, 0.25) is 0 Å². The molecule has 0 aliphatic carbocycles. The Morgan fingerprint density at radius 1 is 1.33 bits per heavy atom. The van der Waals surface area contributed by atoms with E-state index in [1.54, 1.807) is 0 Å². The molecule has 0 aromatic rings. The van der Waals surface area contributed by atoms with Crippen LogP contribution in [-0.4, -0.2) is 51.5 Å². The molecule has 1 aliphatic rings. The fourth-order valence-electron chi connectivity index (χ4n) is 1.48. The summed E-state index contributed by atoms with van der Waals surface area (Å²) in [4.78, 5) is 4.50. The Labute approximate surface area is 127 Å². The number of hydrogen-bond donors (Lipinski definition) is 2. The highest BCUT2D eigenvalue weighted by molar-refractivity contribution is 14.0. The predicted octanol–water partition coefficient (Wildman–Crippen LogP) is 1.23. The molecule has 6 heteroatoms. The van der Waals surface area contributed by atoms with Gasteiger partial charge in [-0.1, -0.05) is 13.8 Å². The minimum atomic E-state index is 0. The molecule has 0 radical (unpaired) electrons. The van der Waals surface area contributed by atoms with Crippen LogP contribution in [-0.2, 0) is 9.47 Å². The van der Waals surface area contributed by atoms with E-state index in [4.69, 9.17) is 9.47 Å². The Bertz CT molecular complexity index is 231. The van der Waals surface area contributed by atoms with E-state index < -0.39 is 0 Å². The predicted molar refractivity (Wildman–Crippen MR) is 84.8 cm³/mol. The number of rotatable bonds is 5. The van der Waals surface area contributed by atoms with Gasteiger partial charge in [-0.05, 0) is 12.8 Å². The molecule has 0 spiro atoms. The van der Waals surface area contributed by atoms with Gasteiger partial charge in [0.25, 0.3) is 0 Å². The Morgan fingerprint density at radius 2 is 2.11 bits per heavy atom. The van der Waals surface area contributed by atoms with Gasteiger partial charge in [0.15, 0.2) is 5.96 Å². The van der Waals surface area contributed by atoms with E-state index in [0.717, 1.165) is 25.6 Å². The summed E-state index contributed by atoms with van der Waals surface area (Å²) < 4.78 is 10.9. The second kappa shape index (κ2) is 10.8. The molecule has 1 fully saturated rings. The zero-order valence-electron chi connectivity index (χ0n) is 11.6. The Morgan fingerprint density at radius 3 is 2.67 bits per heavy atom. The molecule has 1 atom stereocenters. The number of nitrogens with one attached hydrogen (secondary N) is 2. The van der Waals surface area contributed by atoms with E-state index in [-0.39, 0.29) is 30.1 Å². The fraction of sp³-hybridized carbons (Fsp3) is 0.917. The Kier molecular flexibility index (Phi) is 10.8. The third kappa shape index (κ3) is 8.10. The zero-order chi connectivity index (χ0) is 12.5. The molecule has 1 unspecified atom stereocenters. The topological polar surface area (TPSA) is 54.9 Å². The average Bonchev–Trinajstić information content (AvgIpc) is 2.34. The summed E-state index contributed by atoms with van der Waals surface area (Å²) in [5.74, 6) is 1.43. The second-order valence-electron chi connectivity index (χ2n) is 4.56. The lowest BCUT2D eigenvalue weighted by Gasteiger charge is -2.24. The van der Waals surface area contributed by atoms with Crippen LogP contribution in [0.1, 0.15) is 20.8 Å². The van der Waals surface area contributed by atoms with Crippen molar-refractivity contribution >= 4 is 29.9 Å². The maximum atomic E-state index is 5.56. The van der Waals surface area contributed by atoms with Crippen LogP contribution in [0.5, 0.6) is 0 Å². The van der Waals surface area contributed by atoms with Crippen LogP contribution in [0.3, 0.4) is 0 Å². The van der Waals surface area contributed by atoms with Crippen molar-refractivity contribution in [3.63, 3.8) is 0 Å². The lowest BCUT2D eigenvalue weighted by Crippen LogP contribution is -2.44. The van der Waals surface area contributed by atoms with E-state index >= 15 is 0 Å². The van der Waals surface area contributed by atoms with E-state index in [0.29, 0.717) is 25.7 Å². The van der Waals surface area contributed by atoms with Gasteiger partial charge in [0.1, 0.15) is 0 Å². The standard InChI is InChI=1S/C12H25N3O2.HI/c1-4-13-12(14-7-10(2)3)15-8-11-9-16-5-6-17-11;/h10-11H,4-9H2,1-3H3,(H2,13,14,15);1H. The summed E-state index contributed by atoms with van der Waals surface area (Å²) in [5, 5.41) is 6.50. The number of guanidine groups is 1. The SMILES string of the molecule is CCNC(=NCC(C)C)NCC1COCCO1.I. The van der Waals surface area contributed by atoms with Gasteiger partial charge < -0.3 is 20.1 Å². The first-order valence-corrected chi connectivity index (χ1v) is 6.44. The van der Waals surface area contributed by atoms with Gasteiger partial charge in [0.05, 0.1) is 25.9 Å². The quantitative estimate of drug-likeness (QED) is 0.434. The normalized spacial score (nSPS) is 20.4. The average molecular weight is 371 g/mol. The summed E-state index contributed by atoms with van der Waals surface area (Å²) in [6, 6.07) is 0. The van der Waals surface area contributed by atoms with Crippen molar-refractivity contribution < 1.29 is 9.47 Å². The molecule has 1 saturated heterocycles. The molecule has 5 nitrogen and oxygen atoms in total. The van der Waals surface area contributed by atoms with Crippen LogP contribution in [0, 0.1) is 5.92 Å². The van der Waals surface area contributed by atoms with Crippen LogP contribution < -0.4 is 10.6 Å². The van der Waals surface area contributed by atoms with Crippen molar-refractivity contribution in [2.45, 2.75) is 26.9 Å². The Balaban J connectivity index is 0.00000289. The molecule has 0 aromatic carbocycles. The van der Waals surface area contributed by atoms with Crippen LogP contribution >= 0.6 is 24.0 Å². The highest BCUT2D eigenvalue weighted by atomic mass is 127. The van der Waals surface area contributed by atoms with Gasteiger partial charge in [-0.25, -0.2) is 0 Å². The largest absolute Gasteiger partial charge is 0.376 e. The molecule has 108 valence electrons. The molecule has 1 heterocycles. The number of ether oxygens (including phenoxy) is 2. The third-order valence-corrected chi connectivity index (χ3v) is 2.34. The number of aliphatic imine (C=N–C) groups is 1. The monoisotopic (exact) mass is 371 g/mol. The highest BCUT2D eigenvalue weighted by Crippen LogP contribution is 1.99. The van der Waals surface area contributed by atoms with Crippen LogP contribution in [0.25, 0.3) is 0 Å². The first-order chi connectivity index (χ1) is 8.22. The van der Waals surface area contributed by atoms with Crippen molar-refractivity contribution in [3.05, 3.63) is 0 Å². The summed E-state index contributed by atoms with van der Waals surface area (Å²) >= 11 is 0. The maximum Gasteiger partial charge on any atom is 0.191 e. The molecule has 0 saturated carbocycles. The van der Waals surface area contributed by atoms with Crippen molar-refractivity contribution in [3.8, 4) is 0 Å². The Hall–Kier alpha value is -0.0800. The number of halogens is 1. The van der Waals surface area contributed by atoms with E-state index in [2.05, 4.69) is 36.4 Å². The van der Waals surface area contributed by atoms with Crippen molar-refractivity contribution in [2.24, 2.45) is 10.9 Å². The van der Waals surface area contributed by atoms with E-state index in [1.807, 2.05) is 0 Å². The van der Waals surface area contributed by atoms with Gasteiger partial charge in [0, 0.05) is 19.6 Å². The minimum absolute atomic E-state index is 0. The first kappa shape index (κ1) is 17.9. The van der Waals surface area contributed by atoms with Crippen LogP contribution in [0.2, 0.25) is 0 Å². The molecule has 1 rings (SSSR count). The summed E-state index contributed by atoms with van der Waals surface area (Å²) in [6.07, 6.45) is 0.131. The lowest BCUT2D eigenvalue weighted by atomic mass is 10.2. The second-order valence-corrected chi connectivity index (χ2v) is 4.56. The molecule has 18 heavy (non-hydrogen) atoms. The first-order valence-electron chi connectivity index (χ1n) is 6.44. The van der Waals surface area contributed by atoms with E-state index in [1.165, 1.54) is 0 Å². The molecule has 0 amide bonds. The van der Waals surface area contributed by atoms with Gasteiger partial charge in [-0.2, -0.15) is 0 Å². The molecular formula is C12H26IN3O2. The van der Waals surface area contributed by atoms with Crippen molar-refractivity contribution in [2.75, 3.05) is 39.5 Å². The van der Waals surface area contributed by atoms with Crippen molar-refractivity contribution in [1.82, 2.24) is 10.6 Å². The smallest absolute Gasteiger partial charge is 0.191 e. The van der Waals surface area contributed by atoms with Gasteiger partial charge >= 0.3 is 0 Å². The summed E-state index contributed by atoms with van der Waals surface area (Å²) in [6.45, 7) is 10.9. The van der Waals surface area contributed by atoms with Crippen LogP contribution in [0.15, 0.2) is 4.99 Å². The van der Waals surface area contributed by atoms with Crippen molar-refractivity contribution in [1.29, 1.82) is 0 Å². The molecule has 0 bridgehead atoms. The lowest BCUT2D eigenvalue weighted by molar-refractivity contribution is -0.0850. The molecule has 2 N–H and O–H groups in total. The fourth-order valence-corrected chi connectivity index (χ4v) is 1.48. The summed E-state index contributed by atoms with van der Waals surface area (Å²) in [7, 11) is 0. The molecular weight excluding hydrogens is 345 g/mol. The van der Waals surface area contributed by atoms with Gasteiger partial charge in [-0.15, -0.1) is 24.0 Å². The zero-order valence-corrected chi connectivity index (χ0v) is 13.9. The molecule has 0 aromatic heterocycles. The highest BCUT2D eigenvalue weighted by Gasteiger charge is 2.14. The number of hydrogen-bond acceptors (Lipinski definition) is 3. The maximum absolute atomic E-state index is 5.56. The van der Waals surface area contributed by atoms with Gasteiger partial charge in [-0.3, -0.25) is 4.99 Å². The molecule has 1 aliphatic heterocycles. The number of nitrogens with zero attached hydrogens (tertiary/aromatic N) is 1.